The van der Waals surface area contributed by atoms with Gasteiger partial charge in [-0.25, -0.2) is 0 Å². The van der Waals surface area contributed by atoms with Crippen molar-refractivity contribution in [2.75, 3.05) is 0 Å². The van der Waals surface area contributed by atoms with Gasteiger partial charge in [0.1, 0.15) is 6.11 Å². The fraction of sp³-hybridized carbons (Fsp3) is 0.833. The van der Waals surface area contributed by atoms with E-state index in [4.69, 9.17) is 4.55 Å². The van der Waals surface area contributed by atoms with Gasteiger partial charge in [-0.1, -0.05) is 57.8 Å². The lowest BCUT2D eigenvalue weighted by Crippen LogP contribution is -1.97. The Labute approximate surface area is 105 Å². The lowest BCUT2D eigenvalue weighted by atomic mass is 10.1. The zero-order valence-electron chi connectivity index (χ0n) is 10.4. The van der Waals surface area contributed by atoms with Crippen molar-refractivity contribution in [3.63, 3.8) is 0 Å². The van der Waals surface area contributed by atoms with E-state index in [0.29, 0.717) is 6.42 Å². The molecule has 0 spiro atoms. The smallest absolute Gasteiger partial charge is 0.307 e. The molecular formula is C12H22O4S. The molecule has 17 heavy (non-hydrogen) atoms. The monoisotopic (exact) mass is 262 g/mol. The van der Waals surface area contributed by atoms with Crippen molar-refractivity contribution < 1.29 is 17.2 Å². The lowest BCUT2D eigenvalue weighted by Gasteiger charge is -1.99. The third-order valence-electron chi connectivity index (χ3n) is 2.37. The molecule has 0 bridgehead atoms. The first-order valence-corrected chi connectivity index (χ1v) is 7.56. The second-order valence-electron chi connectivity index (χ2n) is 4.01. The molecule has 0 saturated carbocycles. The molecule has 0 aliphatic heterocycles. The maximum Gasteiger partial charge on any atom is 0.454 e. The van der Waals surface area contributed by atoms with Crippen molar-refractivity contribution in [2.45, 2.75) is 64.7 Å². The normalized spacial score (nSPS) is 10.7. The molecule has 0 rings (SSSR count). The molecule has 1 N–H and O–H groups in total. The van der Waals surface area contributed by atoms with Crippen LogP contribution in [-0.2, 0) is 14.6 Å². The van der Waals surface area contributed by atoms with E-state index >= 15 is 0 Å². The van der Waals surface area contributed by atoms with Crippen LogP contribution in [0.15, 0.2) is 0 Å². The Kier molecular flexibility index (Phi) is 9.98. The first-order chi connectivity index (χ1) is 8.06. The Morgan fingerprint density at radius 1 is 1.00 bits per heavy atom. The van der Waals surface area contributed by atoms with E-state index in [1.54, 1.807) is 0 Å². The van der Waals surface area contributed by atoms with E-state index in [9.17, 15) is 8.42 Å². The van der Waals surface area contributed by atoms with Gasteiger partial charge in [0.05, 0.1) is 0 Å². The highest BCUT2D eigenvalue weighted by molar-refractivity contribution is 7.81. The Bertz CT molecular complexity index is 324. The Morgan fingerprint density at radius 2 is 1.53 bits per heavy atom. The van der Waals surface area contributed by atoms with E-state index < -0.39 is 10.4 Å². The lowest BCUT2D eigenvalue weighted by molar-refractivity contribution is 0.370. The third-order valence-corrected chi connectivity index (χ3v) is 2.67. The minimum Gasteiger partial charge on any atom is -0.307 e. The summed E-state index contributed by atoms with van der Waals surface area (Å²) < 4.78 is 32.3. The standard InChI is InChI=1S/C12H22O4S/c1-2-3-4-5-6-7-8-9-10-11-12-16-17(13,14)15/h2-10H2,1H3,(H,13,14,15). The molecule has 0 aliphatic rings. The van der Waals surface area contributed by atoms with Crippen LogP contribution in [0.3, 0.4) is 0 Å². The molecule has 0 aliphatic carbocycles. The number of unbranched alkanes of at least 4 members (excludes halogenated alkanes) is 8. The molecule has 4 nitrogen and oxygen atoms in total. The molecule has 100 valence electrons. The summed E-state index contributed by atoms with van der Waals surface area (Å²) in [6, 6.07) is 0. The van der Waals surface area contributed by atoms with E-state index in [2.05, 4.69) is 17.0 Å². The van der Waals surface area contributed by atoms with Gasteiger partial charge >= 0.3 is 10.4 Å². The zero-order valence-corrected chi connectivity index (χ0v) is 11.3. The summed E-state index contributed by atoms with van der Waals surface area (Å²) in [6.45, 7) is 2.20. The van der Waals surface area contributed by atoms with E-state index in [1.165, 1.54) is 38.5 Å². The van der Waals surface area contributed by atoms with Gasteiger partial charge in [-0.2, -0.15) is 8.42 Å². The highest BCUT2D eigenvalue weighted by atomic mass is 32.3. The highest BCUT2D eigenvalue weighted by Gasteiger charge is 1.98. The summed E-state index contributed by atoms with van der Waals surface area (Å²) >= 11 is 0. The van der Waals surface area contributed by atoms with Gasteiger partial charge in [-0.3, -0.25) is 4.55 Å². The first-order valence-electron chi connectivity index (χ1n) is 6.20. The molecule has 0 unspecified atom stereocenters. The molecule has 0 amide bonds. The van der Waals surface area contributed by atoms with Gasteiger partial charge in [-0.15, -0.1) is 0 Å². The maximum atomic E-state index is 10.1. The fourth-order valence-corrected chi connectivity index (χ4v) is 1.64. The molecule has 0 aromatic carbocycles. The highest BCUT2D eigenvalue weighted by Crippen LogP contribution is 2.09. The Hall–Kier alpha value is -0.730. The van der Waals surface area contributed by atoms with Crippen molar-refractivity contribution in [3.05, 3.63) is 0 Å². The first kappa shape index (κ1) is 16.3. The summed E-state index contributed by atoms with van der Waals surface area (Å²) in [7, 11) is -4.41. The zero-order chi connectivity index (χ0) is 13.0. The summed E-state index contributed by atoms with van der Waals surface area (Å²) in [4.78, 5) is 0. The number of rotatable bonds is 9. The van der Waals surface area contributed by atoms with Gasteiger partial charge < -0.3 is 4.18 Å². The van der Waals surface area contributed by atoms with E-state index in [1.807, 2.05) is 6.11 Å². The summed E-state index contributed by atoms with van der Waals surface area (Å²) in [5.41, 5.74) is 0. The van der Waals surface area contributed by atoms with Crippen LogP contribution >= 0.6 is 0 Å². The van der Waals surface area contributed by atoms with Crippen molar-refractivity contribution in [1.29, 1.82) is 0 Å². The summed E-state index contributed by atoms with van der Waals surface area (Å²) in [5, 5.41) is 0. The minimum absolute atomic E-state index is 0.602. The van der Waals surface area contributed by atoms with Crippen LogP contribution in [0.4, 0.5) is 0 Å². The minimum atomic E-state index is -4.41. The van der Waals surface area contributed by atoms with Crippen molar-refractivity contribution in [3.8, 4) is 12.0 Å². The van der Waals surface area contributed by atoms with Gasteiger partial charge in [0.25, 0.3) is 0 Å². The molecule has 0 aromatic heterocycles. The van der Waals surface area contributed by atoms with Gasteiger partial charge in [-0.05, 0) is 6.42 Å². The van der Waals surface area contributed by atoms with Crippen LogP contribution in [0.2, 0.25) is 0 Å². The molecule has 0 fully saturated rings. The SMILES string of the molecule is CCCCCCCCCCC#COS(=O)(=O)O. The number of hydrogen-bond donors (Lipinski definition) is 1. The second-order valence-corrected chi connectivity index (χ2v) is 5.04. The molecule has 0 saturated heterocycles. The fourth-order valence-electron chi connectivity index (χ4n) is 1.48. The van der Waals surface area contributed by atoms with Crippen LogP contribution in [-0.4, -0.2) is 13.0 Å². The van der Waals surface area contributed by atoms with Crippen LogP contribution in [0.1, 0.15) is 64.7 Å². The number of hydrogen-bond acceptors (Lipinski definition) is 3. The quantitative estimate of drug-likeness (QED) is 0.393. The maximum absolute atomic E-state index is 10.1. The van der Waals surface area contributed by atoms with Gasteiger partial charge in [0.2, 0.25) is 0 Å². The Balaban J connectivity index is 3.24. The molecular weight excluding hydrogens is 240 g/mol. The average Bonchev–Trinajstić information content (AvgIpc) is 2.24. The molecule has 0 atom stereocenters. The summed E-state index contributed by atoms with van der Waals surface area (Å²) in [6.07, 6.45) is 12.3. The topological polar surface area (TPSA) is 63.6 Å². The predicted octanol–water partition coefficient (Wildman–Crippen LogP) is 3.30. The molecule has 0 aromatic rings. The van der Waals surface area contributed by atoms with E-state index in [-0.39, 0.29) is 0 Å². The molecule has 0 heterocycles. The van der Waals surface area contributed by atoms with Crippen LogP contribution in [0, 0.1) is 12.0 Å². The van der Waals surface area contributed by atoms with Crippen molar-refractivity contribution in [1.82, 2.24) is 0 Å². The molecule has 5 heteroatoms. The van der Waals surface area contributed by atoms with Crippen molar-refractivity contribution in [2.24, 2.45) is 0 Å². The largest absolute Gasteiger partial charge is 0.454 e. The third kappa shape index (κ3) is 15.3. The van der Waals surface area contributed by atoms with Crippen LogP contribution in [0.25, 0.3) is 0 Å². The Morgan fingerprint density at radius 3 is 2.06 bits per heavy atom. The summed E-state index contributed by atoms with van der Waals surface area (Å²) in [5.74, 6) is 2.54. The van der Waals surface area contributed by atoms with Gasteiger partial charge in [0.15, 0.2) is 0 Å². The predicted molar refractivity (Wildman–Crippen MR) is 67.6 cm³/mol. The van der Waals surface area contributed by atoms with Crippen molar-refractivity contribution >= 4 is 10.4 Å². The van der Waals surface area contributed by atoms with Crippen LogP contribution in [0.5, 0.6) is 0 Å². The van der Waals surface area contributed by atoms with E-state index in [0.717, 1.165) is 12.8 Å². The average molecular weight is 262 g/mol. The molecule has 0 radical (unpaired) electrons. The van der Waals surface area contributed by atoms with Crippen LogP contribution < -0.4 is 0 Å². The second kappa shape index (κ2) is 10.4. The van der Waals surface area contributed by atoms with Gasteiger partial charge in [0, 0.05) is 6.42 Å².